The number of carboxylic acid groups (broad SMARTS) is 1. The largest absolute Gasteiger partial charge is 0.478 e. The number of aromatic carboxylic acids is 1. The van der Waals surface area contributed by atoms with E-state index in [-0.39, 0.29) is 24.0 Å². The average Bonchev–Trinajstić information content (AvgIpc) is 3.26. The normalized spacial score (nSPS) is 16.5. The molecule has 1 saturated heterocycles. The van der Waals surface area contributed by atoms with E-state index in [0.29, 0.717) is 59.0 Å². The van der Waals surface area contributed by atoms with E-state index in [1.54, 1.807) is 25.1 Å². The molecule has 5 rings (SSSR count). The molecule has 9 heteroatoms. The van der Waals surface area contributed by atoms with E-state index in [1.807, 2.05) is 47.4 Å². The predicted molar refractivity (Wildman–Crippen MR) is 150 cm³/mol. The van der Waals surface area contributed by atoms with Crippen LogP contribution in [-0.4, -0.2) is 77.1 Å². The Balaban J connectivity index is 1.44. The fourth-order valence-corrected chi connectivity index (χ4v) is 5.03. The summed E-state index contributed by atoms with van der Waals surface area (Å²) >= 11 is 0. The van der Waals surface area contributed by atoms with Crippen LogP contribution in [0, 0.1) is 6.92 Å². The maximum atomic E-state index is 13.2. The van der Waals surface area contributed by atoms with Crippen molar-refractivity contribution in [2.45, 2.75) is 6.92 Å². The van der Waals surface area contributed by atoms with Crippen molar-refractivity contribution in [2.24, 2.45) is 0 Å². The number of hydrogen-bond acceptors (Lipinski definition) is 6. The van der Waals surface area contributed by atoms with E-state index in [2.05, 4.69) is 15.5 Å². The van der Waals surface area contributed by atoms with E-state index in [1.165, 1.54) is 6.07 Å². The molecule has 0 atom stereocenters. The van der Waals surface area contributed by atoms with Crippen LogP contribution in [0.2, 0.25) is 0 Å². The predicted octanol–water partition coefficient (Wildman–Crippen LogP) is 3.38. The van der Waals surface area contributed by atoms with Gasteiger partial charge < -0.3 is 25.7 Å². The first kappa shape index (κ1) is 26.1. The van der Waals surface area contributed by atoms with Crippen molar-refractivity contribution in [3.05, 3.63) is 94.5 Å². The molecule has 9 nitrogen and oxygen atoms in total. The molecule has 2 amide bonds. The second-order valence-electron chi connectivity index (χ2n) is 9.65. The molecule has 0 aromatic heterocycles. The lowest BCUT2D eigenvalue weighted by molar-refractivity contribution is -0.110. The highest BCUT2D eigenvalue weighted by molar-refractivity contribution is 6.37. The number of aliphatic hydroxyl groups excluding tert-OH is 1. The zero-order valence-electron chi connectivity index (χ0n) is 21.6. The van der Waals surface area contributed by atoms with Gasteiger partial charge in [0, 0.05) is 49.5 Å². The number of hydrogen-bond donors (Lipinski definition) is 4. The molecule has 3 aromatic carbocycles. The van der Waals surface area contributed by atoms with Crippen molar-refractivity contribution in [1.82, 2.24) is 9.80 Å². The van der Waals surface area contributed by atoms with Gasteiger partial charge in [0.15, 0.2) is 0 Å². The van der Waals surface area contributed by atoms with Gasteiger partial charge in [0.2, 0.25) is 0 Å². The Labute approximate surface area is 226 Å². The summed E-state index contributed by atoms with van der Waals surface area (Å²) in [6.07, 6.45) is 0. The summed E-state index contributed by atoms with van der Waals surface area (Å²) in [5.74, 6) is -1.42. The standard InChI is InChI=1S/C30H30N4O5/c1-19-17-24-25(18-23(19)30(38)39)32-28(36)26(24)27(20-5-3-2-4-6-20)31-22-9-7-21(8-10-22)29(37)34-13-11-33(12-14-34)15-16-35/h2-10,17-18,31,35H,11-16H2,1H3,(H,32,36)(H,38,39)/b27-26+. The minimum Gasteiger partial charge on any atom is -0.478 e. The molecule has 3 aromatic rings. The van der Waals surface area contributed by atoms with Crippen LogP contribution in [0.3, 0.4) is 0 Å². The molecule has 4 N–H and O–H groups in total. The van der Waals surface area contributed by atoms with Crippen LogP contribution < -0.4 is 10.6 Å². The van der Waals surface area contributed by atoms with Crippen LogP contribution in [0.5, 0.6) is 0 Å². The lowest BCUT2D eigenvalue weighted by atomic mass is 9.96. The summed E-state index contributed by atoms with van der Waals surface area (Å²) in [7, 11) is 0. The van der Waals surface area contributed by atoms with Crippen molar-refractivity contribution in [3.63, 3.8) is 0 Å². The number of carboxylic acids is 1. The number of aliphatic hydroxyl groups is 1. The highest BCUT2D eigenvalue weighted by Crippen LogP contribution is 2.39. The Morgan fingerprint density at radius 1 is 0.949 bits per heavy atom. The van der Waals surface area contributed by atoms with Crippen LogP contribution >= 0.6 is 0 Å². The quantitative estimate of drug-likeness (QED) is 0.348. The molecule has 0 saturated carbocycles. The highest BCUT2D eigenvalue weighted by Gasteiger charge is 2.30. The number of benzene rings is 3. The average molecular weight is 527 g/mol. The number of carbonyl (C=O) groups is 3. The van der Waals surface area contributed by atoms with Gasteiger partial charge in [0.1, 0.15) is 0 Å². The molecule has 2 heterocycles. The van der Waals surface area contributed by atoms with Gasteiger partial charge in [0.25, 0.3) is 11.8 Å². The number of piperazine rings is 1. The zero-order valence-corrected chi connectivity index (χ0v) is 21.6. The number of nitrogens with zero attached hydrogens (tertiary/aromatic N) is 2. The molecular weight excluding hydrogens is 496 g/mol. The van der Waals surface area contributed by atoms with Gasteiger partial charge in [-0.15, -0.1) is 0 Å². The first-order chi connectivity index (χ1) is 18.9. The molecule has 0 radical (unpaired) electrons. The molecule has 200 valence electrons. The van der Waals surface area contributed by atoms with Crippen LogP contribution in [0.1, 0.15) is 37.4 Å². The van der Waals surface area contributed by atoms with Gasteiger partial charge in [-0.2, -0.15) is 0 Å². The van der Waals surface area contributed by atoms with Crippen molar-refractivity contribution < 1.29 is 24.6 Å². The number of β-amino-alcohol motifs (C(OH)–C–C–N with tert-alkyl or cyclic N) is 1. The van der Waals surface area contributed by atoms with Gasteiger partial charge in [-0.05, 0) is 54.4 Å². The minimum absolute atomic E-state index is 0.0411. The fraction of sp³-hybridized carbons (Fsp3) is 0.233. The van der Waals surface area contributed by atoms with Gasteiger partial charge in [-0.1, -0.05) is 30.3 Å². The minimum atomic E-state index is -1.05. The third-order valence-corrected chi connectivity index (χ3v) is 7.13. The molecule has 0 unspecified atom stereocenters. The lowest BCUT2D eigenvalue weighted by Gasteiger charge is -2.34. The first-order valence-corrected chi connectivity index (χ1v) is 12.8. The van der Waals surface area contributed by atoms with Gasteiger partial charge >= 0.3 is 5.97 Å². The fourth-order valence-electron chi connectivity index (χ4n) is 5.03. The van der Waals surface area contributed by atoms with E-state index in [0.717, 1.165) is 18.7 Å². The summed E-state index contributed by atoms with van der Waals surface area (Å²) in [4.78, 5) is 41.8. The summed E-state index contributed by atoms with van der Waals surface area (Å²) in [5.41, 5.74) is 4.83. The van der Waals surface area contributed by atoms with Crippen molar-refractivity contribution >= 4 is 40.4 Å². The first-order valence-electron chi connectivity index (χ1n) is 12.8. The lowest BCUT2D eigenvalue weighted by Crippen LogP contribution is -2.49. The molecule has 1 fully saturated rings. The molecular formula is C30H30N4O5. The Bertz CT molecular complexity index is 1440. The zero-order chi connectivity index (χ0) is 27.5. The topological polar surface area (TPSA) is 122 Å². The van der Waals surface area contributed by atoms with E-state index in [4.69, 9.17) is 5.11 Å². The van der Waals surface area contributed by atoms with Crippen LogP contribution in [0.25, 0.3) is 11.3 Å². The molecule has 2 aliphatic heterocycles. The molecule has 39 heavy (non-hydrogen) atoms. The van der Waals surface area contributed by atoms with Gasteiger partial charge in [-0.25, -0.2) is 4.79 Å². The number of aryl methyl sites for hydroxylation is 1. The maximum Gasteiger partial charge on any atom is 0.336 e. The number of rotatable bonds is 7. The number of nitrogens with one attached hydrogen (secondary N) is 2. The SMILES string of the molecule is Cc1cc2c(cc1C(=O)O)NC(=O)/C2=C(/Nc1ccc(C(=O)N2CCN(CCO)CC2)cc1)c1ccccc1. The molecule has 0 aliphatic carbocycles. The Morgan fingerprint density at radius 2 is 1.64 bits per heavy atom. The molecule has 0 spiro atoms. The van der Waals surface area contributed by atoms with Crippen molar-refractivity contribution in [3.8, 4) is 0 Å². The summed E-state index contributed by atoms with van der Waals surface area (Å²) in [6, 6.07) is 19.8. The highest BCUT2D eigenvalue weighted by atomic mass is 16.4. The molecule has 0 bridgehead atoms. The van der Waals surface area contributed by atoms with Gasteiger partial charge in [-0.3, -0.25) is 14.5 Å². The third kappa shape index (κ3) is 5.41. The summed E-state index contributed by atoms with van der Waals surface area (Å²) < 4.78 is 0. The van der Waals surface area contributed by atoms with Crippen molar-refractivity contribution in [2.75, 3.05) is 50.0 Å². The Morgan fingerprint density at radius 3 is 2.28 bits per heavy atom. The third-order valence-electron chi connectivity index (χ3n) is 7.13. The number of fused-ring (bicyclic) bond motifs is 1. The Hall–Kier alpha value is -4.47. The second kappa shape index (κ2) is 11.1. The van der Waals surface area contributed by atoms with Crippen molar-refractivity contribution in [1.29, 1.82) is 0 Å². The van der Waals surface area contributed by atoms with E-state index in [9.17, 15) is 19.5 Å². The number of carbonyl (C=O) groups excluding carboxylic acids is 2. The second-order valence-corrected chi connectivity index (χ2v) is 9.65. The Kier molecular flexibility index (Phi) is 7.44. The summed E-state index contributed by atoms with van der Waals surface area (Å²) in [6.45, 7) is 5.13. The maximum absolute atomic E-state index is 13.2. The van der Waals surface area contributed by atoms with E-state index >= 15 is 0 Å². The summed E-state index contributed by atoms with van der Waals surface area (Å²) in [5, 5.41) is 24.8. The number of anilines is 2. The van der Waals surface area contributed by atoms with Crippen LogP contribution in [0.4, 0.5) is 11.4 Å². The van der Waals surface area contributed by atoms with Gasteiger partial charge in [0.05, 0.1) is 29.1 Å². The number of amides is 2. The van der Waals surface area contributed by atoms with Crippen LogP contribution in [-0.2, 0) is 4.79 Å². The van der Waals surface area contributed by atoms with E-state index < -0.39 is 5.97 Å². The smallest absolute Gasteiger partial charge is 0.336 e. The molecule has 2 aliphatic rings. The van der Waals surface area contributed by atoms with Crippen LogP contribution in [0.15, 0.2) is 66.7 Å². The monoisotopic (exact) mass is 526 g/mol.